The first-order chi connectivity index (χ1) is 20.5. The Morgan fingerprint density at radius 2 is 1.83 bits per heavy atom. The van der Waals surface area contributed by atoms with Crippen molar-refractivity contribution in [3.05, 3.63) is 83.4 Å². The van der Waals surface area contributed by atoms with Crippen molar-refractivity contribution in [2.75, 3.05) is 19.9 Å². The number of amides is 2. The fraction of sp³-hybridized carbons (Fsp3) is 0.375. The van der Waals surface area contributed by atoms with Gasteiger partial charge in [-0.05, 0) is 72.1 Å². The summed E-state index contributed by atoms with van der Waals surface area (Å²) in [6, 6.07) is 21.3. The molecule has 7 rings (SSSR count). The molecule has 216 valence electrons. The van der Waals surface area contributed by atoms with E-state index in [2.05, 4.69) is 33.1 Å². The lowest BCUT2D eigenvalue weighted by Crippen LogP contribution is -2.51. The predicted molar refractivity (Wildman–Crippen MR) is 156 cm³/mol. The lowest BCUT2D eigenvalue weighted by atomic mass is 9.96. The fourth-order valence-corrected chi connectivity index (χ4v) is 6.57. The van der Waals surface area contributed by atoms with E-state index in [-0.39, 0.29) is 36.5 Å². The number of hydrogen-bond donors (Lipinski definition) is 2. The second-order valence-electron chi connectivity index (χ2n) is 11.6. The molecule has 2 amide bonds. The van der Waals surface area contributed by atoms with Gasteiger partial charge in [-0.25, -0.2) is 4.68 Å². The van der Waals surface area contributed by atoms with Gasteiger partial charge >= 0.3 is 0 Å². The van der Waals surface area contributed by atoms with Gasteiger partial charge in [0.1, 0.15) is 11.6 Å². The third kappa shape index (κ3) is 5.18. The first kappa shape index (κ1) is 26.5. The Kier molecular flexibility index (Phi) is 6.99. The zero-order valence-electron chi connectivity index (χ0n) is 23.5. The summed E-state index contributed by atoms with van der Waals surface area (Å²) < 4.78 is 12.8. The summed E-state index contributed by atoms with van der Waals surface area (Å²) in [5, 5.41) is 14.8. The van der Waals surface area contributed by atoms with Crippen molar-refractivity contribution in [1.82, 2.24) is 30.5 Å². The first-order valence-corrected chi connectivity index (χ1v) is 14.5. The Bertz CT molecular complexity index is 1620. The van der Waals surface area contributed by atoms with Crippen LogP contribution in [0.5, 0.6) is 11.5 Å². The quantitative estimate of drug-likeness (QED) is 0.354. The van der Waals surface area contributed by atoms with Crippen molar-refractivity contribution in [1.29, 1.82) is 0 Å². The molecule has 0 bridgehead atoms. The third-order valence-corrected chi connectivity index (χ3v) is 8.78. The van der Waals surface area contributed by atoms with Crippen molar-refractivity contribution in [3.8, 4) is 11.5 Å². The van der Waals surface area contributed by atoms with Crippen molar-refractivity contribution in [2.45, 2.75) is 43.8 Å². The van der Waals surface area contributed by atoms with E-state index in [1.54, 1.807) is 4.68 Å². The molecule has 10 nitrogen and oxygen atoms in total. The molecule has 0 spiro atoms. The minimum Gasteiger partial charge on any atom is -0.454 e. The van der Waals surface area contributed by atoms with Gasteiger partial charge in [-0.3, -0.25) is 9.59 Å². The Labute approximate surface area is 244 Å². The van der Waals surface area contributed by atoms with Gasteiger partial charge < -0.3 is 25.0 Å². The van der Waals surface area contributed by atoms with Gasteiger partial charge in [0, 0.05) is 26.7 Å². The molecule has 2 fully saturated rings. The smallest absolute Gasteiger partial charge is 0.243 e. The van der Waals surface area contributed by atoms with Gasteiger partial charge in [-0.2, -0.15) is 0 Å². The van der Waals surface area contributed by atoms with Crippen LogP contribution in [0.25, 0.3) is 11.0 Å². The number of fused-ring (bicyclic) bond motifs is 2. The molecule has 4 aromatic rings. The zero-order chi connectivity index (χ0) is 28.6. The van der Waals surface area contributed by atoms with E-state index >= 15 is 0 Å². The summed E-state index contributed by atoms with van der Waals surface area (Å²) in [4.78, 5) is 29.4. The van der Waals surface area contributed by atoms with Crippen LogP contribution in [-0.4, -0.2) is 63.7 Å². The molecule has 2 saturated heterocycles. The molecule has 0 unspecified atom stereocenters. The van der Waals surface area contributed by atoms with Gasteiger partial charge in [0.05, 0.1) is 11.6 Å². The van der Waals surface area contributed by atoms with Crippen LogP contribution >= 0.6 is 0 Å². The largest absolute Gasteiger partial charge is 0.454 e. The van der Waals surface area contributed by atoms with Crippen LogP contribution in [0.1, 0.15) is 35.4 Å². The topological polar surface area (TPSA) is 111 Å². The van der Waals surface area contributed by atoms with E-state index < -0.39 is 6.04 Å². The number of carbonyl (C=O) groups excluding carboxylic acids is 2. The summed E-state index contributed by atoms with van der Waals surface area (Å²) in [5.41, 5.74) is 5.00. The number of likely N-dealkylation sites (tertiary alicyclic amines) is 1. The van der Waals surface area contributed by atoms with Crippen LogP contribution in [-0.2, 0) is 29.6 Å². The van der Waals surface area contributed by atoms with E-state index in [1.165, 1.54) is 5.56 Å². The molecule has 3 aliphatic heterocycles. The summed E-state index contributed by atoms with van der Waals surface area (Å²) in [5.74, 6) is 1.79. The summed E-state index contributed by atoms with van der Waals surface area (Å²) in [6.07, 6.45) is 2.07. The number of rotatable bonds is 7. The van der Waals surface area contributed by atoms with Crippen LogP contribution in [0.4, 0.5) is 0 Å². The lowest BCUT2D eigenvalue weighted by molar-refractivity contribution is -0.139. The normalized spacial score (nSPS) is 23.0. The Morgan fingerprint density at radius 1 is 1.00 bits per heavy atom. The fourth-order valence-electron chi connectivity index (χ4n) is 6.57. The molecule has 10 heteroatoms. The molecule has 0 saturated carbocycles. The van der Waals surface area contributed by atoms with Gasteiger partial charge in [0.15, 0.2) is 11.5 Å². The molecule has 3 aliphatic rings. The highest BCUT2D eigenvalue weighted by atomic mass is 16.7. The SMILES string of the molecule is Cn1nnc2cc(CNC(=O)[C@@H]3C[C@@H](Cc4ccc5c(c4)OCO5)CN3C(=O)[C@H]3C[C@@H](c4ccccc4)CN3)ccc21. The molecule has 3 aromatic carbocycles. The number of aromatic nitrogens is 3. The van der Waals surface area contributed by atoms with Crippen LogP contribution in [0.2, 0.25) is 0 Å². The van der Waals surface area contributed by atoms with Crippen LogP contribution in [0.3, 0.4) is 0 Å². The van der Waals surface area contributed by atoms with Crippen LogP contribution in [0, 0.1) is 5.92 Å². The molecule has 2 N–H and O–H groups in total. The van der Waals surface area contributed by atoms with E-state index in [0.717, 1.165) is 53.0 Å². The first-order valence-electron chi connectivity index (χ1n) is 14.5. The molecule has 0 aliphatic carbocycles. The molecule has 1 aromatic heterocycles. The number of carbonyl (C=O) groups is 2. The number of aryl methyl sites for hydroxylation is 1. The lowest BCUT2D eigenvalue weighted by Gasteiger charge is -2.27. The number of nitrogens with one attached hydrogen (secondary N) is 2. The van der Waals surface area contributed by atoms with Gasteiger partial charge in [-0.1, -0.05) is 47.7 Å². The van der Waals surface area contributed by atoms with Gasteiger partial charge in [0.25, 0.3) is 0 Å². The Morgan fingerprint density at radius 3 is 2.71 bits per heavy atom. The molecule has 42 heavy (non-hydrogen) atoms. The maximum absolute atomic E-state index is 13.9. The summed E-state index contributed by atoms with van der Waals surface area (Å²) in [7, 11) is 1.85. The van der Waals surface area contributed by atoms with Crippen LogP contribution < -0.4 is 20.1 Å². The number of hydrogen-bond acceptors (Lipinski definition) is 7. The van der Waals surface area contributed by atoms with Crippen LogP contribution in [0.15, 0.2) is 66.7 Å². The standard InChI is InChI=1S/C32H34N6O4/c1-37-27-9-7-21(12-25(27)35-36-37)16-34-31(39)28-13-22(11-20-8-10-29-30(14-20)42-19-41-29)18-38(28)32(40)26-15-24(17-33-26)23-5-3-2-4-6-23/h2-10,12,14,22,24,26,28,33H,11,13,15-19H2,1H3,(H,34,39)/t22-,24-,26-,28+/m1/s1. The summed E-state index contributed by atoms with van der Waals surface area (Å²) >= 11 is 0. The zero-order valence-corrected chi connectivity index (χ0v) is 23.5. The maximum Gasteiger partial charge on any atom is 0.243 e. The van der Waals surface area contributed by atoms with E-state index in [9.17, 15) is 9.59 Å². The number of benzene rings is 3. The summed E-state index contributed by atoms with van der Waals surface area (Å²) in [6.45, 7) is 1.87. The Balaban J connectivity index is 1.07. The highest BCUT2D eigenvalue weighted by molar-refractivity contribution is 5.90. The molecule has 4 atom stereocenters. The average Bonchev–Trinajstić information content (AvgIpc) is 3.83. The number of ether oxygens (including phenoxy) is 2. The third-order valence-electron chi connectivity index (χ3n) is 8.78. The van der Waals surface area contributed by atoms with E-state index in [4.69, 9.17) is 9.47 Å². The van der Waals surface area contributed by atoms with Gasteiger partial charge in [0.2, 0.25) is 18.6 Å². The molecule has 0 radical (unpaired) electrons. The highest BCUT2D eigenvalue weighted by Crippen LogP contribution is 2.35. The highest BCUT2D eigenvalue weighted by Gasteiger charge is 2.43. The van der Waals surface area contributed by atoms with E-state index in [0.29, 0.717) is 19.5 Å². The average molecular weight is 567 g/mol. The monoisotopic (exact) mass is 566 g/mol. The minimum absolute atomic E-state index is 0.00254. The van der Waals surface area contributed by atoms with Crippen molar-refractivity contribution >= 4 is 22.8 Å². The maximum atomic E-state index is 13.9. The van der Waals surface area contributed by atoms with Gasteiger partial charge in [-0.15, -0.1) is 5.10 Å². The second-order valence-corrected chi connectivity index (χ2v) is 11.6. The van der Waals surface area contributed by atoms with E-state index in [1.807, 2.05) is 66.5 Å². The molecule has 4 heterocycles. The molecular formula is C32H34N6O4. The van der Waals surface area contributed by atoms with Crippen molar-refractivity contribution in [2.24, 2.45) is 13.0 Å². The predicted octanol–water partition coefficient (Wildman–Crippen LogP) is 2.92. The molecular weight excluding hydrogens is 532 g/mol. The van der Waals surface area contributed by atoms with Crippen molar-refractivity contribution in [3.63, 3.8) is 0 Å². The van der Waals surface area contributed by atoms with Crippen molar-refractivity contribution < 1.29 is 19.1 Å². The number of nitrogens with zero attached hydrogens (tertiary/aromatic N) is 4. The minimum atomic E-state index is -0.533. The Hall–Kier alpha value is -4.44. The second kappa shape index (κ2) is 11.1.